The van der Waals surface area contributed by atoms with Gasteiger partial charge in [0.2, 0.25) is 0 Å². The highest BCUT2D eigenvalue weighted by Gasteiger charge is 2.29. The molecule has 2 fully saturated rings. The minimum absolute atomic E-state index is 0.0885. The summed E-state index contributed by atoms with van der Waals surface area (Å²) in [7, 11) is 1.93. The molecule has 0 heterocycles. The first-order valence-electron chi connectivity index (χ1n) is 10.7. The molecule has 0 spiro atoms. The monoisotopic (exact) mass is 484 g/mol. The van der Waals surface area contributed by atoms with Crippen molar-refractivity contribution in [3.63, 3.8) is 0 Å². The topological polar surface area (TPSA) is 40.6 Å². The Labute approximate surface area is 177 Å². The third-order valence-corrected chi connectivity index (χ3v) is 7.21. The Morgan fingerprint density at radius 1 is 0.963 bits per heavy atom. The second kappa shape index (κ2) is 10.1. The molecule has 0 aromatic heterocycles. The van der Waals surface area contributed by atoms with E-state index in [-0.39, 0.29) is 11.8 Å². The lowest BCUT2D eigenvalue weighted by atomic mass is 9.91. The average molecular weight is 484 g/mol. The molecule has 3 aliphatic rings. The molecule has 4 nitrogen and oxygen atoms in total. The normalized spacial score (nSPS) is 22.0. The Morgan fingerprint density at radius 2 is 1.56 bits per heavy atom. The fourth-order valence-electron chi connectivity index (χ4n) is 4.75. The van der Waals surface area contributed by atoms with Gasteiger partial charge in [-0.3, -0.25) is 9.59 Å². The molecule has 2 amide bonds. The Balaban J connectivity index is 1.68. The number of carbonyl (C=O) groups excluding carboxylic acids is 2. The lowest BCUT2D eigenvalue weighted by Gasteiger charge is -2.34. The molecule has 0 saturated heterocycles. The van der Waals surface area contributed by atoms with Crippen molar-refractivity contribution in [1.82, 2.24) is 9.80 Å². The molecule has 0 aliphatic heterocycles. The zero-order valence-electron chi connectivity index (χ0n) is 16.6. The fraction of sp³-hybridized carbons (Fsp3) is 0.727. The number of rotatable bonds is 5. The van der Waals surface area contributed by atoms with Crippen molar-refractivity contribution < 1.29 is 9.59 Å². The zero-order valence-corrected chi connectivity index (χ0v) is 18.7. The van der Waals surface area contributed by atoms with E-state index in [0.29, 0.717) is 12.1 Å². The lowest BCUT2D eigenvalue weighted by molar-refractivity contribution is -0.128. The number of alkyl halides is 1. The quantitative estimate of drug-likeness (QED) is 0.314. The molecular weight excluding hydrogens is 451 g/mol. The Bertz CT molecular complexity index is 601. The maximum atomic E-state index is 13.2. The Morgan fingerprint density at radius 3 is 2.15 bits per heavy atom. The van der Waals surface area contributed by atoms with Gasteiger partial charge in [0.15, 0.2) is 0 Å². The van der Waals surface area contributed by atoms with E-state index >= 15 is 0 Å². The fourth-order valence-corrected chi connectivity index (χ4v) is 5.62. The second-order valence-electron chi connectivity index (χ2n) is 8.26. The van der Waals surface area contributed by atoms with Crippen LogP contribution >= 0.6 is 22.6 Å². The highest BCUT2D eigenvalue weighted by atomic mass is 127. The standard InChI is InChI=1S/C22H33IN2O2/c1-24(19-11-4-2-5-12-19)21(26)17-9-8-10-18(15-17)22(27)25(16-23)20-13-6-3-7-14-20/h9,15,19-20H,2-8,10-14,16H2,1H3. The molecule has 0 radical (unpaired) electrons. The average Bonchev–Trinajstić information content (AvgIpc) is 2.74. The number of likely N-dealkylation sites (N-methyl/N-ethyl adjacent to an activating group) is 1. The molecular formula is C22H33IN2O2. The maximum absolute atomic E-state index is 13.2. The van der Waals surface area contributed by atoms with Crippen molar-refractivity contribution in [1.29, 1.82) is 0 Å². The molecule has 0 N–H and O–H groups in total. The van der Waals surface area contributed by atoms with Crippen molar-refractivity contribution in [3.8, 4) is 0 Å². The van der Waals surface area contributed by atoms with Crippen LogP contribution < -0.4 is 0 Å². The predicted molar refractivity (Wildman–Crippen MR) is 118 cm³/mol. The van der Waals surface area contributed by atoms with Crippen LogP contribution in [-0.2, 0) is 9.59 Å². The van der Waals surface area contributed by atoms with Gasteiger partial charge in [0.05, 0.1) is 4.55 Å². The summed E-state index contributed by atoms with van der Waals surface area (Å²) < 4.78 is 0.730. The molecule has 3 rings (SSSR count). The van der Waals surface area contributed by atoms with Crippen molar-refractivity contribution in [3.05, 3.63) is 23.3 Å². The first-order valence-corrected chi connectivity index (χ1v) is 12.2. The molecule has 0 unspecified atom stereocenters. The van der Waals surface area contributed by atoms with Crippen LogP contribution in [0.2, 0.25) is 0 Å². The van der Waals surface area contributed by atoms with Gasteiger partial charge in [0.25, 0.3) is 11.8 Å². The summed E-state index contributed by atoms with van der Waals surface area (Å²) in [6.45, 7) is 0. The van der Waals surface area contributed by atoms with Crippen LogP contribution in [0.5, 0.6) is 0 Å². The molecule has 0 aromatic rings. The van der Waals surface area contributed by atoms with E-state index < -0.39 is 0 Å². The van der Waals surface area contributed by atoms with E-state index in [4.69, 9.17) is 0 Å². The number of amides is 2. The number of hydrogen-bond donors (Lipinski definition) is 0. The van der Waals surface area contributed by atoms with Gasteiger partial charge in [0, 0.05) is 30.3 Å². The van der Waals surface area contributed by atoms with E-state index in [2.05, 4.69) is 22.6 Å². The Hall–Kier alpha value is -0.850. The number of allylic oxidation sites excluding steroid dienone is 1. The third-order valence-electron chi connectivity index (χ3n) is 6.48. The summed E-state index contributed by atoms with van der Waals surface area (Å²) in [6, 6.07) is 0.730. The van der Waals surface area contributed by atoms with Crippen molar-refractivity contribution >= 4 is 34.4 Å². The van der Waals surface area contributed by atoms with Gasteiger partial charge in [-0.15, -0.1) is 0 Å². The highest BCUT2D eigenvalue weighted by molar-refractivity contribution is 14.1. The molecule has 3 aliphatic carbocycles. The van der Waals surface area contributed by atoms with Crippen LogP contribution in [0.4, 0.5) is 0 Å². The van der Waals surface area contributed by atoms with Crippen molar-refractivity contribution in [2.75, 3.05) is 11.6 Å². The van der Waals surface area contributed by atoms with E-state index in [9.17, 15) is 9.59 Å². The SMILES string of the molecule is CN(C(=O)C1=CCCC(C(=O)N(CI)C2CCCCC2)=C1)C1CCCCC1. The van der Waals surface area contributed by atoms with Gasteiger partial charge in [0.1, 0.15) is 0 Å². The number of carbonyl (C=O) groups is 2. The van der Waals surface area contributed by atoms with Crippen LogP contribution in [0.15, 0.2) is 23.3 Å². The highest BCUT2D eigenvalue weighted by Crippen LogP contribution is 2.28. The van der Waals surface area contributed by atoms with E-state index in [1.807, 2.05) is 29.0 Å². The summed E-state index contributed by atoms with van der Waals surface area (Å²) in [4.78, 5) is 30.1. The summed E-state index contributed by atoms with van der Waals surface area (Å²) in [5.74, 6) is 0.237. The first-order chi connectivity index (χ1) is 13.1. The van der Waals surface area contributed by atoms with Crippen molar-refractivity contribution in [2.45, 2.75) is 89.1 Å². The van der Waals surface area contributed by atoms with Gasteiger partial charge in [-0.1, -0.05) is 67.2 Å². The van der Waals surface area contributed by atoms with Crippen LogP contribution in [0.1, 0.15) is 77.0 Å². The molecule has 0 bridgehead atoms. The van der Waals surface area contributed by atoms with Gasteiger partial charge >= 0.3 is 0 Å². The van der Waals surface area contributed by atoms with Crippen LogP contribution in [0.25, 0.3) is 0 Å². The largest absolute Gasteiger partial charge is 0.339 e. The summed E-state index contributed by atoms with van der Waals surface area (Å²) in [6.07, 6.45) is 17.3. The van der Waals surface area contributed by atoms with Crippen LogP contribution in [0, 0.1) is 0 Å². The lowest BCUT2D eigenvalue weighted by Crippen LogP contribution is -2.42. The van der Waals surface area contributed by atoms with Crippen LogP contribution in [-0.4, -0.2) is 45.3 Å². The summed E-state index contributed by atoms with van der Waals surface area (Å²) in [5, 5.41) is 0. The first kappa shape index (κ1) is 20.9. The van der Waals surface area contributed by atoms with E-state index in [0.717, 1.165) is 54.2 Å². The van der Waals surface area contributed by atoms with Gasteiger partial charge in [-0.05, 0) is 44.6 Å². The van der Waals surface area contributed by atoms with Crippen LogP contribution in [0.3, 0.4) is 0 Å². The smallest absolute Gasteiger partial charge is 0.253 e. The minimum atomic E-state index is 0.0885. The molecule has 0 aromatic carbocycles. The van der Waals surface area contributed by atoms with E-state index in [1.54, 1.807) is 0 Å². The van der Waals surface area contributed by atoms with E-state index in [1.165, 1.54) is 38.5 Å². The van der Waals surface area contributed by atoms with Gasteiger partial charge < -0.3 is 9.80 Å². The second-order valence-corrected chi connectivity index (χ2v) is 8.94. The molecule has 0 atom stereocenters. The van der Waals surface area contributed by atoms with Gasteiger partial charge in [-0.25, -0.2) is 0 Å². The molecule has 2 saturated carbocycles. The number of nitrogens with zero attached hydrogens (tertiary/aromatic N) is 2. The summed E-state index contributed by atoms with van der Waals surface area (Å²) in [5.41, 5.74) is 1.54. The minimum Gasteiger partial charge on any atom is -0.339 e. The predicted octanol–water partition coefficient (Wildman–Crippen LogP) is 4.98. The molecule has 5 heteroatoms. The third kappa shape index (κ3) is 5.15. The zero-order chi connectivity index (χ0) is 19.2. The Kier molecular flexibility index (Phi) is 7.79. The molecule has 27 heavy (non-hydrogen) atoms. The van der Waals surface area contributed by atoms with Gasteiger partial charge in [-0.2, -0.15) is 0 Å². The van der Waals surface area contributed by atoms with Crippen molar-refractivity contribution in [2.24, 2.45) is 0 Å². The molecule has 150 valence electrons. The maximum Gasteiger partial charge on any atom is 0.253 e. The number of hydrogen-bond acceptors (Lipinski definition) is 2. The summed E-state index contributed by atoms with van der Waals surface area (Å²) >= 11 is 2.31. The number of halogens is 1.